The molecule has 1 unspecified atom stereocenters. The summed E-state index contributed by atoms with van der Waals surface area (Å²) in [6.07, 6.45) is 1.07. The minimum Gasteiger partial charge on any atom is -0.481 e. The summed E-state index contributed by atoms with van der Waals surface area (Å²) >= 11 is 0. The molecule has 1 atom stereocenters. The molecule has 0 aliphatic heterocycles. The molecule has 3 aromatic rings. The Bertz CT molecular complexity index is 1080. The highest BCUT2D eigenvalue weighted by Crippen LogP contribution is 2.30. The standard InChI is InChI=1S/C23H21FN2O4/c1-14-6-3-4-9-18(14)20(12-21(27)28)26-22(29)16-11-19(23(30-2)25-13-16)15-7-5-8-17(24)10-15/h3-11,13,20H,12H2,1-2H3,(H,26,29)(H,27,28). The fraction of sp³-hybridized carbons (Fsp3) is 0.174. The number of amides is 1. The van der Waals surface area contributed by atoms with Crippen molar-refractivity contribution in [1.82, 2.24) is 10.3 Å². The number of hydrogen-bond acceptors (Lipinski definition) is 4. The number of ether oxygens (including phenoxy) is 1. The van der Waals surface area contributed by atoms with E-state index in [4.69, 9.17) is 4.74 Å². The number of carbonyl (C=O) groups is 2. The summed E-state index contributed by atoms with van der Waals surface area (Å²) in [4.78, 5) is 28.4. The SMILES string of the molecule is COc1ncc(C(=O)NC(CC(=O)O)c2ccccc2C)cc1-c1cccc(F)c1. The lowest BCUT2D eigenvalue weighted by Gasteiger charge is -2.20. The lowest BCUT2D eigenvalue weighted by atomic mass is 9.98. The van der Waals surface area contributed by atoms with E-state index in [1.807, 2.05) is 19.1 Å². The van der Waals surface area contributed by atoms with Gasteiger partial charge in [-0.1, -0.05) is 36.4 Å². The van der Waals surface area contributed by atoms with Crippen LogP contribution in [0.5, 0.6) is 5.88 Å². The van der Waals surface area contributed by atoms with Gasteiger partial charge in [0.05, 0.1) is 25.1 Å². The molecule has 2 N–H and O–H groups in total. The van der Waals surface area contributed by atoms with Crippen molar-refractivity contribution < 1.29 is 23.8 Å². The molecule has 0 spiro atoms. The molecule has 0 aliphatic carbocycles. The van der Waals surface area contributed by atoms with Gasteiger partial charge in [-0.25, -0.2) is 9.37 Å². The zero-order valence-corrected chi connectivity index (χ0v) is 16.6. The first-order chi connectivity index (χ1) is 14.4. The second-order valence-corrected chi connectivity index (χ2v) is 6.77. The van der Waals surface area contributed by atoms with Crippen LogP contribution in [0.3, 0.4) is 0 Å². The molecule has 3 rings (SSSR count). The number of halogens is 1. The molecular weight excluding hydrogens is 387 g/mol. The maximum Gasteiger partial charge on any atom is 0.305 e. The minimum absolute atomic E-state index is 0.207. The third-order valence-electron chi connectivity index (χ3n) is 4.69. The molecule has 30 heavy (non-hydrogen) atoms. The molecule has 0 fully saturated rings. The van der Waals surface area contributed by atoms with E-state index in [-0.39, 0.29) is 17.9 Å². The van der Waals surface area contributed by atoms with E-state index >= 15 is 0 Å². The third-order valence-corrected chi connectivity index (χ3v) is 4.69. The Morgan fingerprint density at radius 1 is 1.17 bits per heavy atom. The van der Waals surface area contributed by atoms with Crippen molar-refractivity contribution in [2.75, 3.05) is 7.11 Å². The van der Waals surface area contributed by atoms with Gasteiger partial charge in [-0.2, -0.15) is 0 Å². The van der Waals surface area contributed by atoms with E-state index in [1.54, 1.807) is 30.3 Å². The molecule has 0 aliphatic rings. The number of carbonyl (C=O) groups excluding carboxylic acids is 1. The van der Waals surface area contributed by atoms with Crippen LogP contribution in [0.15, 0.2) is 60.8 Å². The Labute approximate surface area is 173 Å². The number of nitrogens with one attached hydrogen (secondary N) is 1. The van der Waals surface area contributed by atoms with Crippen LogP contribution >= 0.6 is 0 Å². The van der Waals surface area contributed by atoms with Gasteiger partial charge in [0.15, 0.2) is 0 Å². The number of carboxylic acid groups (broad SMARTS) is 1. The fourth-order valence-electron chi connectivity index (χ4n) is 3.23. The molecule has 1 heterocycles. The Balaban J connectivity index is 1.94. The normalized spacial score (nSPS) is 11.6. The first kappa shape index (κ1) is 21.0. The summed E-state index contributed by atoms with van der Waals surface area (Å²) < 4.78 is 18.9. The van der Waals surface area contributed by atoms with Gasteiger partial charge in [-0.15, -0.1) is 0 Å². The highest BCUT2D eigenvalue weighted by atomic mass is 19.1. The van der Waals surface area contributed by atoms with Gasteiger partial charge in [-0.05, 0) is 41.8 Å². The van der Waals surface area contributed by atoms with E-state index in [1.165, 1.54) is 25.4 Å². The van der Waals surface area contributed by atoms with E-state index in [0.717, 1.165) is 11.1 Å². The quantitative estimate of drug-likeness (QED) is 0.613. The zero-order chi connectivity index (χ0) is 21.7. The van der Waals surface area contributed by atoms with Crippen LogP contribution in [-0.4, -0.2) is 29.1 Å². The van der Waals surface area contributed by atoms with Gasteiger partial charge in [0.2, 0.25) is 5.88 Å². The number of carboxylic acids is 1. The predicted molar refractivity (Wildman–Crippen MR) is 110 cm³/mol. The second kappa shape index (κ2) is 9.17. The Morgan fingerprint density at radius 3 is 2.60 bits per heavy atom. The number of aryl methyl sites for hydroxylation is 1. The lowest BCUT2D eigenvalue weighted by molar-refractivity contribution is -0.137. The van der Waals surface area contributed by atoms with Crippen LogP contribution in [0.2, 0.25) is 0 Å². The molecular formula is C23H21FN2O4. The van der Waals surface area contributed by atoms with Crippen LogP contribution in [-0.2, 0) is 4.79 Å². The number of hydrogen-bond donors (Lipinski definition) is 2. The number of pyridine rings is 1. The summed E-state index contributed by atoms with van der Waals surface area (Å²) in [6, 6.07) is 14.0. The Morgan fingerprint density at radius 2 is 1.93 bits per heavy atom. The Hall–Kier alpha value is -3.74. The van der Waals surface area contributed by atoms with E-state index in [0.29, 0.717) is 11.1 Å². The van der Waals surface area contributed by atoms with Crippen molar-refractivity contribution in [3.05, 3.63) is 83.3 Å². The number of aromatic nitrogens is 1. The molecule has 0 saturated carbocycles. The minimum atomic E-state index is -1.03. The van der Waals surface area contributed by atoms with Crippen molar-refractivity contribution >= 4 is 11.9 Å². The summed E-state index contributed by atoms with van der Waals surface area (Å²) in [7, 11) is 1.44. The largest absolute Gasteiger partial charge is 0.481 e. The Kier molecular flexibility index (Phi) is 6.41. The van der Waals surface area contributed by atoms with Crippen molar-refractivity contribution in [2.45, 2.75) is 19.4 Å². The summed E-state index contributed by atoms with van der Waals surface area (Å²) in [6.45, 7) is 1.85. The highest BCUT2D eigenvalue weighted by Gasteiger charge is 2.21. The van der Waals surface area contributed by atoms with Crippen LogP contribution in [0.25, 0.3) is 11.1 Å². The monoisotopic (exact) mass is 408 g/mol. The van der Waals surface area contributed by atoms with E-state index < -0.39 is 23.7 Å². The van der Waals surface area contributed by atoms with Gasteiger partial charge < -0.3 is 15.2 Å². The summed E-state index contributed by atoms with van der Waals surface area (Å²) in [5.41, 5.74) is 2.77. The second-order valence-electron chi connectivity index (χ2n) is 6.77. The third kappa shape index (κ3) is 4.81. The molecule has 1 aromatic heterocycles. The average molecular weight is 408 g/mol. The summed E-state index contributed by atoms with van der Waals surface area (Å²) in [5.74, 6) is -1.70. The van der Waals surface area contributed by atoms with Gasteiger partial charge in [0.25, 0.3) is 5.91 Å². The number of methoxy groups -OCH3 is 1. The molecule has 2 aromatic carbocycles. The molecule has 1 amide bonds. The van der Waals surface area contributed by atoms with Crippen molar-refractivity contribution in [3.8, 4) is 17.0 Å². The number of aliphatic carboxylic acids is 1. The smallest absolute Gasteiger partial charge is 0.305 e. The van der Waals surface area contributed by atoms with Gasteiger partial charge >= 0.3 is 5.97 Å². The van der Waals surface area contributed by atoms with Crippen LogP contribution in [0, 0.1) is 12.7 Å². The molecule has 0 bridgehead atoms. The van der Waals surface area contributed by atoms with Crippen molar-refractivity contribution in [1.29, 1.82) is 0 Å². The van der Waals surface area contributed by atoms with Crippen molar-refractivity contribution in [3.63, 3.8) is 0 Å². The van der Waals surface area contributed by atoms with Crippen molar-refractivity contribution in [2.24, 2.45) is 0 Å². The maximum atomic E-state index is 13.7. The van der Waals surface area contributed by atoms with Crippen LogP contribution in [0.1, 0.15) is 33.9 Å². The van der Waals surface area contributed by atoms with Gasteiger partial charge in [0.1, 0.15) is 5.82 Å². The molecule has 0 radical (unpaired) electrons. The number of benzene rings is 2. The zero-order valence-electron chi connectivity index (χ0n) is 16.6. The van der Waals surface area contributed by atoms with E-state index in [2.05, 4.69) is 10.3 Å². The van der Waals surface area contributed by atoms with Gasteiger partial charge in [0, 0.05) is 11.8 Å². The number of rotatable bonds is 7. The maximum absolute atomic E-state index is 13.7. The number of nitrogens with zero attached hydrogens (tertiary/aromatic N) is 1. The average Bonchev–Trinajstić information content (AvgIpc) is 2.72. The summed E-state index contributed by atoms with van der Waals surface area (Å²) in [5, 5.41) is 12.1. The lowest BCUT2D eigenvalue weighted by Crippen LogP contribution is -2.30. The first-order valence-corrected chi connectivity index (χ1v) is 9.27. The van der Waals surface area contributed by atoms with Crippen LogP contribution < -0.4 is 10.1 Å². The first-order valence-electron chi connectivity index (χ1n) is 9.27. The van der Waals surface area contributed by atoms with Crippen LogP contribution in [0.4, 0.5) is 4.39 Å². The molecule has 0 saturated heterocycles. The fourth-order valence-corrected chi connectivity index (χ4v) is 3.23. The topological polar surface area (TPSA) is 88.5 Å². The highest BCUT2D eigenvalue weighted by molar-refractivity contribution is 5.96. The molecule has 7 heteroatoms. The van der Waals surface area contributed by atoms with E-state index in [9.17, 15) is 19.1 Å². The van der Waals surface area contributed by atoms with Gasteiger partial charge in [-0.3, -0.25) is 9.59 Å². The molecule has 154 valence electrons. The molecule has 6 nitrogen and oxygen atoms in total. The predicted octanol–water partition coefficient (Wildman–Crippen LogP) is 4.15.